The number of rotatable bonds is 5. The maximum Gasteiger partial charge on any atom is 0.313 e. The fourth-order valence-corrected chi connectivity index (χ4v) is 3.35. The van der Waals surface area contributed by atoms with Crippen LogP contribution in [0.15, 0.2) is 24.3 Å². The van der Waals surface area contributed by atoms with Crippen molar-refractivity contribution >= 4 is 17.5 Å². The van der Waals surface area contributed by atoms with E-state index >= 15 is 0 Å². The van der Waals surface area contributed by atoms with E-state index < -0.39 is 17.6 Å². The summed E-state index contributed by atoms with van der Waals surface area (Å²) in [7, 11) is 0. The number of anilines is 1. The highest BCUT2D eigenvalue weighted by atomic mass is 16.7. The summed E-state index contributed by atoms with van der Waals surface area (Å²) in [5.74, 6) is -1.16. The van der Waals surface area contributed by atoms with Gasteiger partial charge in [-0.15, -0.1) is 0 Å². The highest BCUT2D eigenvalue weighted by Crippen LogP contribution is 2.37. The Balaban J connectivity index is 1.42. The smallest absolute Gasteiger partial charge is 0.313 e. The zero-order chi connectivity index (χ0) is 18.4. The van der Waals surface area contributed by atoms with Gasteiger partial charge in [-0.05, 0) is 44.0 Å². The molecule has 142 valence electrons. The molecule has 1 aromatic carbocycles. The van der Waals surface area contributed by atoms with Gasteiger partial charge in [0.15, 0.2) is 5.79 Å². The Bertz CT molecular complexity index is 625. The number of carbonyl (C=O) groups excluding carboxylic acids is 2. The maximum atomic E-state index is 12.0. The van der Waals surface area contributed by atoms with Gasteiger partial charge >= 0.3 is 11.8 Å². The quantitative estimate of drug-likeness (QED) is 0.785. The van der Waals surface area contributed by atoms with Crippen LogP contribution >= 0.6 is 0 Å². The van der Waals surface area contributed by atoms with E-state index in [0.717, 1.165) is 25.7 Å². The maximum absolute atomic E-state index is 12.0. The fourth-order valence-electron chi connectivity index (χ4n) is 3.35. The van der Waals surface area contributed by atoms with Crippen molar-refractivity contribution in [3.63, 3.8) is 0 Å². The van der Waals surface area contributed by atoms with Crippen molar-refractivity contribution in [2.45, 2.75) is 50.9 Å². The van der Waals surface area contributed by atoms with E-state index in [-0.39, 0.29) is 12.6 Å². The first-order valence-electron chi connectivity index (χ1n) is 9.24. The van der Waals surface area contributed by atoms with Crippen molar-refractivity contribution < 1.29 is 23.8 Å². The topological polar surface area (TPSA) is 85.9 Å². The molecule has 1 aromatic rings. The number of nitrogens with one attached hydrogen (secondary N) is 2. The first-order chi connectivity index (χ1) is 12.6. The molecule has 1 heterocycles. The van der Waals surface area contributed by atoms with Crippen molar-refractivity contribution in [2.24, 2.45) is 0 Å². The predicted molar refractivity (Wildman–Crippen MR) is 95.9 cm³/mol. The molecule has 0 unspecified atom stereocenters. The van der Waals surface area contributed by atoms with Gasteiger partial charge in [0.05, 0.1) is 13.2 Å². The van der Waals surface area contributed by atoms with Gasteiger partial charge in [0.1, 0.15) is 11.9 Å². The van der Waals surface area contributed by atoms with Gasteiger partial charge in [-0.25, -0.2) is 0 Å². The van der Waals surface area contributed by atoms with Crippen LogP contribution in [0.3, 0.4) is 0 Å². The molecule has 7 nitrogen and oxygen atoms in total. The van der Waals surface area contributed by atoms with E-state index in [4.69, 9.17) is 14.2 Å². The van der Waals surface area contributed by atoms with Crippen molar-refractivity contribution in [3.05, 3.63) is 24.3 Å². The highest BCUT2D eigenvalue weighted by molar-refractivity contribution is 6.39. The zero-order valence-electron chi connectivity index (χ0n) is 15.1. The molecule has 1 saturated carbocycles. The average molecular weight is 362 g/mol. The fraction of sp³-hybridized carbons (Fsp3) is 0.579. The van der Waals surface area contributed by atoms with Gasteiger partial charge in [0.25, 0.3) is 0 Å². The molecule has 0 radical (unpaired) electrons. The second-order valence-corrected chi connectivity index (χ2v) is 6.64. The largest absolute Gasteiger partial charge is 0.494 e. The summed E-state index contributed by atoms with van der Waals surface area (Å²) in [6.45, 7) is 3.18. The van der Waals surface area contributed by atoms with Gasteiger partial charge in [-0.2, -0.15) is 0 Å². The Morgan fingerprint density at radius 2 is 1.88 bits per heavy atom. The first kappa shape index (κ1) is 18.7. The summed E-state index contributed by atoms with van der Waals surface area (Å²) in [5.41, 5.74) is 0.537. The van der Waals surface area contributed by atoms with Gasteiger partial charge in [-0.3, -0.25) is 9.59 Å². The molecule has 2 fully saturated rings. The van der Waals surface area contributed by atoms with Gasteiger partial charge in [-0.1, -0.05) is 6.42 Å². The standard InChI is InChI=1S/C19H26N2O5/c1-2-24-15-8-6-14(7-9-15)21-18(23)17(22)20-12-16-13-25-19(26-16)10-4-3-5-11-19/h6-9,16H,2-5,10-13H2,1H3,(H,20,22)(H,21,23)/t16-/m1/s1. The monoisotopic (exact) mass is 362 g/mol. The normalized spacial score (nSPS) is 21.3. The van der Waals surface area contributed by atoms with Crippen molar-refractivity contribution in [2.75, 3.05) is 25.1 Å². The molecule has 1 aliphatic heterocycles. The molecule has 2 aliphatic rings. The molecule has 26 heavy (non-hydrogen) atoms. The number of amides is 2. The van der Waals surface area contributed by atoms with Crippen LogP contribution in [-0.4, -0.2) is 43.5 Å². The molecule has 1 atom stereocenters. The van der Waals surface area contributed by atoms with E-state index in [1.165, 1.54) is 6.42 Å². The van der Waals surface area contributed by atoms with E-state index in [9.17, 15) is 9.59 Å². The Morgan fingerprint density at radius 1 is 1.15 bits per heavy atom. The summed E-state index contributed by atoms with van der Waals surface area (Å²) in [5, 5.41) is 5.18. The second kappa shape index (κ2) is 8.51. The van der Waals surface area contributed by atoms with Crippen LogP contribution in [0, 0.1) is 0 Å². The van der Waals surface area contributed by atoms with Gasteiger partial charge in [0, 0.05) is 25.1 Å². The van der Waals surface area contributed by atoms with Gasteiger partial charge in [0.2, 0.25) is 0 Å². The summed E-state index contributed by atoms with van der Waals surface area (Å²) in [6.07, 6.45) is 5.00. The van der Waals surface area contributed by atoms with Crippen LogP contribution in [0.4, 0.5) is 5.69 Å². The molecule has 2 amide bonds. The van der Waals surface area contributed by atoms with E-state index in [1.807, 2.05) is 6.92 Å². The molecule has 1 saturated heterocycles. The molecule has 1 aliphatic carbocycles. The summed E-state index contributed by atoms with van der Waals surface area (Å²) >= 11 is 0. The van der Waals surface area contributed by atoms with Crippen molar-refractivity contribution in [3.8, 4) is 5.75 Å². The van der Waals surface area contributed by atoms with E-state index in [2.05, 4.69) is 10.6 Å². The third-order valence-corrected chi connectivity index (χ3v) is 4.65. The molecule has 2 N–H and O–H groups in total. The summed E-state index contributed by atoms with van der Waals surface area (Å²) in [6, 6.07) is 6.86. The molecule has 0 aromatic heterocycles. The number of ether oxygens (including phenoxy) is 3. The molecule has 0 bridgehead atoms. The van der Waals surface area contributed by atoms with Gasteiger partial charge < -0.3 is 24.8 Å². The molecular weight excluding hydrogens is 336 g/mol. The zero-order valence-corrected chi connectivity index (χ0v) is 15.1. The number of hydrogen-bond donors (Lipinski definition) is 2. The Labute approximate surface area is 153 Å². The average Bonchev–Trinajstić information content (AvgIpc) is 3.04. The third-order valence-electron chi connectivity index (χ3n) is 4.65. The minimum atomic E-state index is -0.708. The van der Waals surface area contributed by atoms with Crippen LogP contribution in [0.1, 0.15) is 39.0 Å². The first-order valence-corrected chi connectivity index (χ1v) is 9.24. The second-order valence-electron chi connectivity index (χ2n) is 6.64. The molecular formula is C19H26N2O5. The van der Waals surface area contributed by atoms with Crippen molar-refractivity contribution in [1.82, 2.24) is 5.32 Å². The Morgan fingerprint density at radius 3 is 2.58 bits per heavy atom. The molecule has 3 rings (SSSR count). The third kappa shape index (κ3) is 4.74. The Hall–Kier alpha value is -2.12. The Kier molecular flexibility index (Phi) is 6.11. The minimum Gasteiger partial charge on any atom is -0.494 e. The molecule has 1 spiro atoms. The predicted octanol–water partition coefficient (Wildman–Crippen LogP) is 2.22. The number of carbonyl (C=O) groups is 2. The van der Waals surface area contributed by atoms with E-state index in [0.29, 0.717) is 24.7 Å². The van der Waals surface area contributed by atoms with Crippen LogP contribution in [0.25, 0.3) is 0 Å². The minimum absolute atomic E-state index is 0.213. The van der Waals surface area contributed by atoms with Crippen molar-refractivity contribution in [1.29, 1.82) is 0 Å². The lowest BCUT2D eigenvalue weighted by atomic mass is 9.94. The lowest BCUT2D eigenvalue weighted by Crippen LogP contribution is -2.41. The van der Waals surface area contributed by atoms with Crippen LogP contribution in [0.5, 0.6) is 5.75 Å². The molecule has 7 heteroatoms. The lowest BCUT2D eigenvalue weighted by molar-refractivity contribution is -0.186. The highest BCUT2D eigenvalue weighted by Gasteiger charge is 2.42. The van der Waals surface area contributed by atoms with Crippen LogP contribution < -0.4 is 15.4 Å². The lowest BCUT2D eigenvalue weighted by Gasteiger charge is -2.31. The number of hydrogen-bond acceptors (Lipinski definition) is 5. The number of benzene rings is 1. The van der Waals surface area contributed by atoms with E-state index in [1.54, 1.807) is 24.3 Å². The van der Waals surface area contributed by atoms with Crippen LogP contribution in [-0.2, 0) is 19.1 Å². The summed E-state index contributed by atoms with van der Waals surface area (Å²) < 4.78 is 17.2. The summed E-state index contributed by atoms with van der Waals surface area (Å²) in [4.78, 5) is 24.0. The van der Waals surface area contributed by atoms with Crippen LogP contribution in [0.2, 0.25) is 0 Å². The SMILES string of the molecule is CCOc1ccc(NC(=O)C(=O)NC[C@@H]2COC3(CCCCC3)O2)cc1.